The van der Waals surface area contributed by atoms with Gasteiger partial charge in [-0.25, -0.2) is 9.59 Å². The summed E-state index contributed by atoms with van der Waals surface area (Å²) in [5, 5.41) is 86.9. The SMILES string of the molecule is O=C(OC[C@@H]1O[C@@H](OC(=O)c2cc(O)c(O)c(O)c2)[C@@H](O)[C@@H](O)[C@@H]1O)c1cc(O)c(O)c(O)c1. The fraction of sp³-hybridized carbons (Fsp3) is 0.300. The molecule has 5 atom stereocenters. The number of esters is 2. The zero-order chi connectivity index (χ0) is 25.3. The van der Waals surface area contributed by atoms with E-state index in [0.717, 1.165) is 24.3 Å². The number of benzene rings is 2. The molecule has 0 bridgehead atoms. The van der Waals surface area contributed by atoms with E-state index in [1.807, 2.05) is 0 Å². The number of aromatic hydroxyl groups is 6. The molecular weight excluding hydrogens is 464 g/mol. The van der Waals surface area contributed by atoms with Gasteiger partial charge >= 0.3 is 11.9 Å². The maximum Gasteiger partial charge on any atom is 0.340 e. The molecule has 34 heavy (non-hydrogen) atoms. The van der Waals surface area contributed by atoms with Crippen LogP contribution in [0, 0.1) is 0 Å². The summed E-state index contributed by atoms with van der Waals surface area (Å²) in [4.78, 5) is 24.5. The van der Waals surface area contributed by atoms with Crippen LogP contribution in [0.2, 0.25) is 0 Å². The zero-order valence-corrected chi connectivity index (χ0v) is 17.0. The lowest BCUT2D eigenvalue weighted by Crippen LogP contribution is -2.59. The first kappa shape index (κ1) is 24.7. The Kier molecular flexibility index (Phi) is 6.88. The van der Waals surface area contributed by atoms with Crippen molar-refractivity contribution in [2.45, 2.75) is 30.7 Å². The highest BCUT2D eigenvalue weighted by molar-refractivity contribution is 5.91. The normalized spacial score (nSPS) is 24.4. The molecule has 0 aromatic heterocycles. The maximum atomic E-state index is 12.3. The Labute approximate surface area is 189 Å². The van der Waals surface area contributed by atoms with E-state index in [4.69, 9.17) is 14.2 Å². The fourth-order valence-electron chi connectivity index (χ4n) is 3.01. The van der Waals surface area contributed by atoms with Crippen LogP contribution in [0.15, 0.2) is 24.3 Å². The second-order valence-electron chi connectivity index (χ2n) is 7.24. The van der Waals surface area contributed by atoms with Gasteiger partial charge in [-0.3, -0.25) is 0 Å². The van der Waals surface area contributed by atoms with Crippen molar-refractivity contribution in [2.24, 2.45) is 0 Å². The van der Waals surface area contributed by atoms with Crippen LogP contribution in [0.4, 0.5) is 0 Å². The third-order valence-electron chi connectivity index (χ3n) is 4.88. The average Bonchev–Trinajstić information content (AvgIpc) is 2.79. The summed E-state index contributed by atoms with van der Waals surface area (Å²) in [7, 11) is 0. The molecule has 1 fully saturated rings. The highest BCUT2D eigenvalue weighted by atomic mass is 16.7. The molecule has 14 heteroatoms. The summed E-state index contributed by atoms with van der Waals surface area (Å²) in [5.74, 6) is -7.45. The molecule has 0 unspecified atom stereocenters. The highest BCUT2D eigenvalue weighted by Gasteiger charge is 2.46. The molecule has 1 heterocycles. The smallest absolute Gasteiger partial charge is 0.340 e. The Morgan fingerprint density at radius 3 is 1.62 bits per heavy atom. The molecule has 14 nitrogen and oxygen atoms in total. The van der Waals surface area contributed by atoms with Gasteiger partial charge in [-0.15, -0.1) is 0 Å². The third-order valence-corrected chi connectivity index (χ3v) is 4.88. The van der Waals surface area contributed by atoms with Crippen molar-refractivity contribution in [1.29, 1.82) is 0 Å². The van der Waals surface area contributed by atoms with Crippen molar-refractivity contribution < 1.29 is 69.8 Å². The van der Waals surface area contributed by atoms with E-state index in [0.29, 0.717) is 0 Å². The minimum Gasteiger partial charge on any atom is -0.504 e. The van der Waals surface area contributed by atoms with E-state index >= 15 is 0 Å². The lowest BCUT2D eigenvalue weighted by molar-refractivity contribution is -0.285. The van der Waals surface area contributed by atoms with Gasteiger partial charge in [-0.05, 0) is 24.3 Å². The van der Waals surface area contributed by atoms with Crippen LogP contribution in [0.3, 0.4) is 0 Å². The Balaban J connectivity index is 1.70. The van der Waals surface area contributed by atoms with Crippen molar-refractivity contribution in [2.75, 3.05) is 6.61 Å². The van der Waals surface area contributed by atoms with Crippen LogP contribution in [-0.4, -0.2) is 95.2 Å². The molecule has 2 aromatic carbocycles. The molecule has 2 aromatic rings. The summed E-state index contributed by atoms with van der Waals surface area (Å²) in [6, 6.07) is 3.08. The molecular formula is C20H20O14. The minimum atomic E-state index is -1.95. The second-order valence-corrected chi connectivity index (χ2v) is 7.24. The molecule has 0 amide bonds. The van der Waals surface area contributed by atoms with Gasteiger partial charge in [0, 0.05) is 0 Å². The van der Waals surface area contributed by atoms with Gasteiger partial charge in [-0.1, -0.05) is 0 Å². The zero-order valence-electron chi connectivity index (χ0n) is 17.0. The summed E-state index contributed by atoms with van der Waals surface area (Å²) >= 11 is 0. The lowest BCUT2D eigenvalue weighted by atomic mass is 9.99. The van der Waals surface area contributed by atoms with Crippen LogP contribution in [0.5, 0.6) is 34.5 Å². The van der Waals surface area contributed by atoms with Crippen molar-refractivity contribution in [3.63, 3.8) is 0 Å². The number of ether oxygens (including phenoxy) is 3. The number of phenolic OH excluding ortho intramolecular Hbond substituents is 6. The van der Waals surface area contributed by atoms with Crippen molar-refractivity contribution in [3.8, 4) is 34.5 Å². The van der Waals surface area contributed by atoms with Gasteiger partial charge in [-0.2, -0.15) is 0 Å². The predicted molar refractivity (Wildman–Crippen MR) is 105 cm³/mol. The lowest BCUT2D eigenvalue weighted by Gasteiger charge is -2.39. The van der Waals surface area contributed by atoms with Crippen LogP contribution in [-0.2, 0) is 14.2 Å². The fourth-order valence-corrected chi connectivity index (χ4v) is 3.01. The highest BCUT2D eigenvalue weighted by Crippen LogP contribution is 2.37. The molecule has 0 saturated carbocycles. The van der Waals surface area contributed by atoms with Gasteiger partial charge in [0.2, 0.25) is 6.29 Å². The molecule has 0 aliphatic carbocycles. The standard InChI is InChI=1S/C20H20O14/c21-8-1-6(2-9(22)13(8)25)18(30)32-5-12-15(27)16(28)17(29)20(33-12)34-19(31)7-3-10(23)14(26)11(24)4-7/h1-4,12,15-17,20-29H,5H2/t12-,15+,16-,17-,20-/m0/s1. The molecule has 184 valence electrons. The van der Waals surface area contributed by atoms with E-state index < -0.39 is 89.3 Å². The monoisotopic (exact) mass is 484 g/mol. The number of rotatable bonds is 5. The summed E-state index contributed by atoms with van der Waals surface area (Å²) in [5.41, 5.74) is -0.840. The number of hydrogen-bond donors (Lipinski definition) is 9. The van der Waals surface area contributed by atoms with E-state index in [2.05, 4.69) is 0 Å². The first-order chi connectivity index (χ1) is 15.9. The van der Waals surface area contributed by atoms with Gasteiger partial charge in [0.1, 0.15) is 31.0 Å². The summed E-state index contributed by atoms with van der Waals surface area (Å²) in [6.45, 7) is -0.749. The summed E-state index contributed by atoms with van der Waals surface area (Å²) in [6.07, 6.45) is -9.09. The Bertz CT molecular complexity index is 1050. The Hall–Kier alpha value is -3.98. The first-order valence-electron chi connectivity index (χ1n) is 9.48. The van der Waals surface area contributed by atoms with Crippen LogP contribution in [0.25, 0.3) is 0 Å². The number of phenols is 6. The predicted octanol–water partition coefficient (Wildman–Crippen LogP) is -1.26. The molecule has 0 spiro atoms. The molecule has 1 aliphatic heterocycles. The number of aliphatic hydroxyl groups excluding tert-OH is 3. The quantitative estimate of drug-likeness (QED) is 0.178. The molecule has 0 radical (unpaired) electrons. The summed E-state index contributed by atoms with van der Waals surface area (Å²) < 4.78 is 15.0. The molecule has 1 saturated heterocycles. The van der Waals surface area contributed by atoms with Gasteiger partial charge < -0.3 is 60.2 Å². The van der Waals surface area contributed by atoms with Crippen molar-refractivity contribution in [3.05, 3.63) is 35.4 Å². The van der Waals surface area contributed by atoms with Crippen molar-refractivity contribution in [1.82, 2.24) is 0 Å². The number of aliphatic hydroxyl groups is 3. The maximum absolute atomic E-state index is 12.3. The van der Waals surface area contributed by atoms with Gasteiger partial charge in [0.25, 0.3) is 0 Å². The van der Waals surface area contributed by atoms with E-state index in [1.165, 1.54) is 0 Å². The third kappa shape index (κ3) is 4.84. The number of hydrogen-bond acceptors (Lipinski definition) is 14. The first-order valence-corrected chi connectivity index (χ1v) is 9.48. The van der Waals surface area contributed by atoms with Crippen LogP contribution < -0.4 is 0 Å². The minimum absolute atomic E-state index is 0.381. The number of carbonyl (C=O) groups excluding carboxylic acids is 2. The Morgan fingerprint density at radius 1 is 0.706 bits per heavy atom. The molecule has 1 aliphatic rings. The Morgan fingerprint density at radius 2 is 1.15 bits per heavy atom. The van der Waals surface area contributed by atoms with E-state index in [1.54, 1.807) is 0 Å². The number of carbonyl (C=O) groups is 2. The van der Waals surface area contributed by atoms with Gasteiger partial charge in [0.05, 0.1) is 11.1 Å². The van der Waals surface area contributed by atoms with E-state index in [9.17, 15) is 55.5 Å². The van der Waals surface area contributed by atoms with Gasteiger partial charge in [0.15, 0.2) is 34.5 Å². The molecule has 9 N–H and O–H groups in total. The van der Waals surface area contributed by atoms with Crippen LogP contribution >= 0.6 is 0 Å². The van der Waals surface area contributed by atoms with Crippen molar-refractivity contribution >= 4 is 11.9 Å². The van der Waals surface area contributed by atoms with E-state index in [-0.39, 0.29) is 5.56 Å². The molecule has 3 rings (SSSR count). The van der Waals surface area contributed by atoms with Crippen LogP contribution in [0.1, 0.15) is 20.7 Å². The average molecular weight is 484 g/mol. The second kappa shape index (κ2) is 9.48. The topological polar surface area (TPSA) is 244 Å². The largest absolute Gasteiger partial charge is 0.504 e.